The molecule has 0 aliphatic rings. The number of Topliss-reactive ketones (excluding diaryl/α,β-unsaturated/α-hetero) is 1. The summed E-state index contributed by atoms with van der Waals surface area (Å²) in [7, 11) is 0. The third-order valence-corrected chi connectivity index (χ3v) is 3.19. The standard InChI is InChI=1S/C15H10ClF3O/c1-9(20)10-5-6-13(14(16)8-10)11-3-2-4-12(7-11)15(17,18)19/h2-8H,1H3. The summed E-state index contributed by atoms with van der Waals surface area (Å²) in [6.07, 6.45) is -4.40. The van der Waals surface area contributed by atoms with Crippen LogP contribution in [0.5, 0.6) is 0 Å². The minimum absolute atomic E-state index is 0.150. The zero-order valence-electron chi connectivity index (χ0n) is 10.5. The summed E-state index contributed by atoms with van der Waals surface area (Å²) in [6, 6.07) is 9.46. The van der Waals surface area contributed by atoms with Crippen LogP contribution in [0.25, 0.3) is 11.1 Å². The number of hydrogen-bond donors (Lipinski definition) is 0. The molecule has 0 fully saturated rings. The molecule has 0 saturated heterocycles. The third-order valence-electron chi connectivity index (χ3n) is 2.88. The summed E-state index contributed by atoms with van der Waals surface area (Å²) in [5.74, 6) is -0.150. The van der Waals surface area contributed by atoms with Gasteiger partial charge in [-0.15, -0.1) is 0 Å². The van der Waals surface area contributed by atoms with Gasteiger partial charge >= 0.3 is 6.18 Å². The molecule has 2 aromatic rings. The van der Waals surface area contributed by atoms with Gasteiger partial charge in [-0.1, -0.05) is 35.9 Å². The number of ketones is 1. The second kappa shape index (κ2) is 5.29. The average Bonchev–Trinajstić information content (AvgIpc) is 2.37. The quantitative estimate of drug-likeness (QED) is 0.694. The molecule has 5 heteroatoms. The lowest BCUT2D eigenvalue weighted by atomic mass is 10.0. The normalized spacial score (nSPS) is 11.4. The fourth-order valence-electron chi connectivity index (χ4n) is 1.83. The van der Waals surface area contributed by atoms with Crippen LogP contribution in [-0.4, -0.2) is 5.78 Å². The van der Waals surface area contributed by atoms with Crippen molar-refractivity contribution in [1.82, 2.24) is 0 Å². The fraction of sp³-hybridized carbons (Fsp3) is 0.133. The van der Waals surface area contributed by atoms with Crippen molar-refractivity contribution >= 4 is 17.4 Å². The number of carbonyl (C=O) groups is 1. The van der Waals surface area contributed by atoms with E-state index >= 15 is 0 Å². The molecular formula is C15H10ClF3O. The highest BCUT2D eigenvalue weighted by Crippen LogP contribution is 2.34. The lowest BCUT2D eigenvalue weighted by molar-refractivity contribution is -0.137. The van der Waals surface area contributed by atoms with Crippen molar-refractivity contribution in [1.29, 1.82) is 0 Å². The van der Waals surface area contributed by atoms with Crippen LogP contribution in [0, 0.1) is 0 Å². The fourth-order valence-corrected chi connectivity index (χ4v) is 2.12. The predicted molar refractivity (Wildman–Crippen MR) is 71.9 cm³/mol. The molecule has 0 saturated carbocycles. The van der Waals surface area contributed by atoms with Gasteiger partial charge in [-0.2, -0.15) is 13.2 Å². The maximum Gasteiger partial charge on any atom is 0.416 e. The average molecular weight is 299 g/mol. The maximum absolute atomic E-state index is 12.7. The maximum atomic E-state index is 12.7. The highest BCUT2D eigenvalue weighted by molar-refractivity contribution is 6.33. The second-order valence-electron chi connectivity index (χ2n) is 4.33. The summed E-state index contributed by atoms with van der Waals surface area (Å²) in [4.78, 5) is 11.2. The van der Waals surface area contributed by atoms with Crippen LogP contribution in [-0.2, 0) is 6.18 Å². The lowest BCUT2D eigenvalue weighted by Gasteiger charge is -2.10. The van der Waals surface area contributed by atoms with Gasteiger partial charge in [-0.3, -0.25) is 4.79 Å². The molecule has 20 heavy (non-hydrogen) atoms. The summed E-state index contributed by atoms with van der Waals surface area (Å²) in [5.41, 5.74) is 0.509. The molecule has 0 atom stereocenters. The molecule has 0 aliphatic carbocycles. The molecule has 0 aromatic heterocycles. The molecule has 2 aromatic carbocycles. The first-order chi connectivity index (χ1) is 9.29. The van der Waals surface area contributed by atoms with Gasteiger partial charge in [-0.05, 0) is 30.7 Å². The Kier molecular flexibility index (Phi) is 3.86. The zero-order valence-corrected chi connectivity index (χ0v) is 11.2. The molecule has 0 heterocycles. The van der Waals surface area contributed by atoms with Gasteiger partial charge in [0.25, 0.3) is 0 Å². The zero-order chi connectivity index (χ0) is 14.9. The van der Waals surface area contributed by atoms with Gasteiger partial charge in [0.05, 0.1) is 5.56 Å². The van der Waals surface area contributed by atoms with Gasteiger partial charge in [0.15, 0.2) is 5.78 Å². The van der Waals surface area contributed by atoms with Crippen LogP contribution in [0.4, 0.5) is 13.2 Å². The van der Waals surface area contributed by atoms with Crippen LogP contribution in [0.15, 0.2) is 42.5 Å². The van der Waals surface area contributed by atoms with Crippen molar-refractivity contribution < 1.29 is 18.0 Å². The minimum atomic E-state index is -4.40. The molecule has 0 bridgehead atoms. The minimum Gasteiger partial charge on any atom is -0.295 e. The molecule has 0 N–H and O–H groups in total. The van der Waals surface area contributed by atoms with E-state index in [2.05, 4.69) is 0 Å². The number of halogens is 4. The molecule has 1 nitrogen and oxygen atoms in total. The Morgan fingerprint density at radius 2 is 1.80 bits per heavy atom. The van der Waals surface area contributed by atoms with E-state index < -0.39 is 11.7 Å². The van der Waals surface area contributed by atoms with E-state index in [-0.39, 0.29) is 10.8 Å². The largest absolute Gasteiger partial charge is 0.416 e. The molecule has 0 spiro atoms. The third kappa shape index (κ3) is 3.02. The van der Waals surface area contributed by atoms with E-state index in [0.29, 0.717) is 16.7 Å². The number of hydrogen-bond acceptors (Lipinski definition) is 1. The van der Waals surface area contributed by atoms with Crippen LogP contribution in [0.2, 0.25) is 5.02 Å². The molecule has 2 rings (SSSR count). The first kappa shape index (κ1) is 14.6. The number of benzene rings is 2. The predicted octanol–water partition coefficient (Wildman–Crippen LogP) is 5.23. The lowest BCUT2D eigenvalue weighted by Crippen LogP contribution is -2.04. The van der Waals surface area contributed by atoms with Crippen molar-refractivity contribution in [2.24, 2.45) is 0 Å². The molecular weight excluding hydrogens is 289 g/mol. The Morgan fingerprint density at radius 1 is 1.10 bits per heavy atom. The highest BCUT2D eigenvalue weighted by atomic mass is 35.5. The van der Waals surface area contributed by atoms with E-state index in [1.165, 1.54) is 19.1 Å². The molecule has 0 aliphatic heterocycles. The van der Waals surface area contributed by atoms with Crippen molar-refractivity contribution in [3.05, 3.63) is 58.6 Å². The van der Waals surface area contributed by atoms with Gasteiger partial charge in [-0.25, -0.2) is 0 Å². The SMILES string of the molecule is CC(=O)c1ccc(-c2cccc(C(F)(F)F)c2)c(Cl)c1. The Labute approximate surface area is 119 Å². The number of alkyl halides is 3. The second-order valence-corrected chi connectivity index (χ2v) is 4.74. The topological polar surface area (TPSA) is 17.1 Å². The molecule has 104 valence electrons. The Balaban J connectivity index is 2.49. The molecule has 0 unspecified atom stereocenters. The Bertz CT molecular complexity index is 662. The van der Waals surface area contributed by atoms with Crippen LogP contribution >= 0.6 is 11.6 Å². The number of carbonyl (C=O) groups excluding carboxylic acids is 1. The van der Waals surface area contributed by atoms with Crippen molar-refractivity contribution in [3.63, 3.8) is 0 Å². The van der Waals surface area contributed by atoms with Crippen LogP contribution < -0.4 is 0 Å². The first-order valence-electron chi connectivity index (χ1n) is 5.77. The van der Waals surface area contributed by atoms with Gasteiger partial charge in [0.2, 0.25) is 0 Å². The van der Waals surface area contributed by atoms with Crippen LogP contribution in [0.3, 0.4) is 0 Å². The smallest absolute Gasteiger partial charge is 0.295 e. The van der Waals surface area contributed by atoms with Gasteiger partial charge in [0, 0.05) is 16.1 Å². The van der Waals surface area contributed by atoms with E-state index in [0.717, 1.165) is 12.1 Å². The van der Waals surface area contributed by atoms with Crippen molar-refractivity contribution in [3.8, 4) is 11.1 Å². The number of rotatable bonds is 2. The highest BCUT2D eigenvalue weighted by Gasteiger charge is 2.30. The van der Waals surface area contributed by atoms with Gasteiger partial charge < -0.3 is 0 Å². The van der Waals surface area contributed by atoms with E-state index in [1.807, 2.05) is 0 Å². The molecule has 0 radical (unpaired) electrons. The Morgan fingerprint density at radius 3 is 2.35 bits per heavy atom. The summed E-state index contributed by atoms with van der Waals surface area (Å²) < 4.78 is 38.0. The first-order valence-corrected chi connectivity index (χ1v) is 6.15. The van der Waals surface area contributed by atoms with Crippen LogP contribution in [0.1, 0.15) is 22.8 Å². The monoisotopic (exact) mass is 298 g/mol. The summed E-state index contributed by atoms with van der Waals surface area (Å²) >= 11 is 6.04. The van der Waals surface area contributed by atoms with E-state index in [1.54, 1.807) is 18.2 Å². The van der Waals surface area contributed by atoms with Crippen molar-refractivity contribution in [2.75, 3.05) is 0 Å². The molecule has 0 amide bonds. The van der Waals surface area contributed by atoms with E-state index in [9.17, 15) is 18.0 Å². The van der Waals surface area contributed by atoms with Crippen molar-refractivity contribution in [2.45, 2.75) is 13.1 Å². The van der Waals surface area contributed by atoms with E-state index in [4.69, 9.17) is 11.6 Å². The summed E-state index contributed by atoms with van der Waals surface area (Å²) in [6.45, 7) is 1.40. The Hall–Kier alpha value is -1.81. The van der Waals surface area contributed by atoms with Gasteiger partial charge in [0.1, 0.15) is 0 Å². The summed E-state index contributed by atoms with van der Waals surface area (Å²) in [5, 5.41) is 0.247.